The molecule has 1 atom stereocenters. The molecule has 0 aliphatic rings. The lowest BCUT2D eigenvalue weighted by molar-refractivity contribution is -0.148. The normalized spacial score (nSPS) is 14.2. The highest BCUT2D eigenvalue weighted by atomic mass is 16.5. The zero-order valence-electron chi connectivity index (χ0n) is 9.99. The summed E-state index contributed by atoms with van der Waals surface area (Å²) < 4.78 is 4.84. The first-order chi connectivity index (χ1) is 7.65. The van der Waals surface area contributed by atoms with E-state index in [0.29, 0.717) is 0 Å². The number of hydrogen-bond acceptors (Lipinski definition) is 4. The molecule has 1 rings (SSSR count). The van der Waals surface area contributed by atoms with Crippen LogP contribution in [0.4, 0.5) is 0 Å². The molecule has 88 valence electrons. The van der Waals surface area contributed by atoms with Gasteiger partial charge in [-0.15, -0.1) is 0 Å². The maximum absolute atomic E-state index is 11.8. The Balaban J connectivity index is 2.99. The summed E-state index contributed by atoms with van der Waals surface area (Å²) in [5.74, 6) is -0.297. The first-order valence-electron chi connectivity index (χ1n) is 5.39. The molecule has 0 spiro atoms. The largest absolute Gasteiger partial charge is 0.467 e. The van der Waals surface area contributed by atoms with Crippen molar-refractivity contribution in [3.8, 4) is 0 Å². The first kappa shape index (κ1) is 12.6. The fourth-order valence-corrected chi connectivity index (χ4v) is 1.53. The van der Waals surface area contributed by atoms with Crippen LogP contribution in [0.1, 0.15) is 25.8 Å². The van der Waals surface area contributed by atoms with Gasteiger partial charge in [0.15, 0.2) is 0 Å². The van der Waals surface area contributed by atoms with Gasteiger partial charge in [0.05, 0.1) is 7.11 Å². The van der Waals surface area contributed by atoms with Gasteiger partial charge in [-0.05, 0) is 26.0 Å². The molecule has 1 N–H and O–H groups in total. The predicted octanol–water partition coefficient (Wildman–Crippen LogP) is 1.47. The summed E-state index contributed by atoms with van der Waals surface area (Å²) in [5, 5.41) is 3.20. The van der Waals surface area contributed by atoms with E-state index in [-0.39, 0.29) is 5.97 Å². The van der Waals surface area contributed by atoms with E-state index in [4.69, 9.17) is 4.74 Å². The van der Waals surface area contributed by atoms with E-state index in [2.05, 4.69) is 10.3 Å². The number of hydrogen-bond donors (Lipinski definition) is 1. The predicted molar refractivity (Wildman–Crippen MR) is 61.9 cm³/mol. The Morgan fingerprint density at radius 2 is 2.38 bits per heavy atom. The average molecular weight is 222 g/mol. The molecule has 0 radical (unpaired) electrons. The molecule has 1 heterocycles. The molecule has 0 amide bonds. The number of pyridine rings is 1. The van der Waals surface area contributed by atoms with Gasteiger partial charge in [0.2, 0.25) is 0 Å². The van der Waals surface area contributed by atoms with Crippen LogP contribution in [0, 0.1) is 0 Å². The van der Waals surface area contributed by atoms with Crippen molar-refractivity contribution in [1.82, 2.24) is 10.3 Å². The van der Waals surface area contributed by atoms with E-state index >= 15 is 0 Å². The van der Waals surface area contributed by atoms with Crippen molar-refractivity contribution in [2.75, 3.05) is 13.7 Å². The smallest absolute Gasteiger partial charge is 0.330 e. The third kappa shape index (κ3) is 2.58. The highest BCUT2D eigenvalue weighted by molar-refractivity contribution is 5.81. The summed E-state index contributed by atoms with van der Waals surface area (Å²) >= 11 is 0. The lowest BCUT2D eigenvalue weighted by Gasteiger charge is -2.28. The van der Waals surface area contributed by atoms with Crippen LogP contribution in [0.25, 0.3) is 0 Å². The molecule has 1 unspecified atom stereocenters. The Labute approximate surface area is 96.0 Å². The fourth-order valence-electron chi connectivity index (χ4n) is 1.53. The minimum atomic E-state index is -0.820. The SMILES string of the molecule is CCCNC(C)(C(=O)OC)c1cccnc1. The minimum Gasteiger partial charge on any atom is -0.467 e. The second-order valence-electron chi connectivity index (χ2n) is 3.79. The van der Waals surface area contributed by atoms with E-state index < -0.39 is 5.54 Å². The third-order valence-electron chi connectivity index (χ3n) is 2.56. The molecule has 0 aliphatic carbocycles. The summed E-state index contributed by atoms with van der Waals surface area (Å²) in [5.41, 5.74) is -0.00532. The highest BCUT2D eigenvalue weighted by Crippen LogP contribution is 2.21. The number of carbonyl (C=O) groups is 1. The Morgan fingerprint density at radius 1 is 1.62 bits per heavy atom. The van der Waals surface area contributed by atoms with Gasteiger partial charge < -0.3 is 4.74 Å². The number of rotatable bonds is 5. The maximum atomic E-state index is 11.8. The monoisotopic (exact) mass is 222 g/mol. The average Bonchev–Trinajstić information content (AvgIpc) is 2.36. The van der Waals surface area contributed by atoms with Crippen LogP contribution >= 0.6 is 0 Å². The Hall–Kier alpha value is -1.42. The third-order valence-corrected chi connectivity index (χ3v) is 2.56. The quantitative estimate of drug-likeness (QED) is 0.766. The highest BCUT2D eigenvalue weighted by Gasteiger charge is 2.35. The molecule has 0 saturated heterocycles. The van der Waals surface area contributed by atoms with E-state index in [9.17, 15) is 4.79 Å². The Morgan fingerprint density at radius 3 is 2.88 bits per heavy atom. The lowest BCUT2D eigenvalue weighted by atomic mass is 9.93. The lowest BCUT2D eigenvalue weighted by Crippen LogP contribution is -2.47. The number of carbonyl (C=O) groups excluding carboxylic acids is 1. The fraction of sp³-hybridized carbons (Fsp3) is 0.500. The van der Waals surface area contributed by atoms with Gasteiger partial charge in [-0.2, -0.15) is 0 Å². The summed E-state index contributed by atoms with van der Waals surface area (Å²) in [4.78, 5) is 15.9. The second-order valence-corrected chi connectivity index (χ2v) is 3.79. The van der Waals surface area contributed by atoms with Gasteiger partial charge in [0.1, 0.15) is 5.54 Å². The van der Waals surface area contributed by atoms with Gasteiger partial charge in [-0.1, -0.05) is 13.0 Å². The standard InChI is InChI=1S/C12H18N2O2/c1-4-7-14-12(2,11(15)16-3)10-6-5-8-13-9-10/h5-6,8-9,14H,4,7H2,1-3H3. The molecule has 1 aromatic heterocycles. The molecule has 0 aliphatic heterocycles. The van der Waals surface area contributed by atoms with Crippen molar-refractivity contribution < 1.29 is 9.53 Å². The number of ether oxygens (including phenoxy) is 1. The molecule has 0 bridgehead atoms. The zero-order chi connectivity index (χ0) is 12.0. The van der Waals surface area contributed by atoms with Crippen molar-refractivity contribution in [2.45, 2.75) is 25.8 Å². The molecule has 4 nitrogen and oxygen atoms in total. The first-order valence-corrected chi connectivity index (χ1v) is 5.39. The van der Waals surface area contributed by atoms with Gasteiger partial charge in [0, 0.05) is 18.0 Å². The van der Waals surface area contributed by atoms with Gasteiger partial charge in [0.25, 0.3) is 0 Å². The second kappa shape index (κ2) is 5.61. The summed E-state index contributed by atoms with van der Waals surface area (Å²) in [6.07, 6.45) is 4.31. The minimum absolute atomic E-state index is 0.297. The molecule has 0 fully saturated rings. The van der Waals surface area contributed by atoms with Crippen LogP contribution in [0.3, 0.4) is 0 Å². The number of methoxy groups -OCH3 is 1. The van der Waals surface area contributed by atoms with Crippen LogP contribution in [0.5, 0.6) is 0 Å². The van der Waals surface area contributed by atoms with Crippen LogP contribution in [0.2, 0.25) is 0 Å². The van der Waals surface area contributed by atoms with Crippen LogP contribution in [-0.4, -0.2) is 24.6 Å². The summed E-state index contributed by atoms with van der Waals surface area (Å²) in [6.45, 7) is 4.61. The maximum Gasteiger partial charge on any atom is 0.330 e. The number of nitrogens with zero attached hydrogens (tertiary/aromatic N) is 1. The van der Waals surface area contributed by atoms with Crippen molar-refractivity contribution in [3.05, 3.63) is 30.1 Å². The number of aromatic nitrogens is 1. The van der Waals surface area contributed by atoms with Crippen molar-refractivity contribution >= 4 is 5.97 Å². The van der Waals surface area contributed by atoms with Crippen molar-refractivity contribution in [3.63, 3.8) is 0 Å². The number of nitrogens with one attached hydrogen (secondary N) is 1. The van der Waals surface area contributed by atoms with E-state index in [1.54, 1.807) is 12.4 Å². The van der Waals surface area contributed by atoms with E-state index in [1.165, 1.54) is 7.11 Å². The topological polar surface area (TPSA) is 51.2 Å². The molecular weight excluding hydrogens is 204 g/mol. The number of esters is 1. The molecule has 0 aromatic carbocycles. The van der Waals surface area contributed by atoms with Crippen molar-refractivity contribution in [1.29, 1.82) is 0 Å². The zero-order valence-corrected chi connectivity index (χ0v) is 9.99. The van der Waals surface area contributed by atoms with E-state index in [0.717, 1.165) is 18.5 Å². The molecule has 0 saturated carbocycles. The van der Waals surface area contributed by atoms with Crippen LogP contribution in [-0.2, 0) is 15.1 Å². The Kier molecular flexibility index (Phi) is 4.43. The van der Waals surface area contributed by atoms with E-state index in [1.807, 2.05) is 26.0 Å². The van der Waals surface area contributed by atoms with Crippen molar-refractivity contribution in [2.24, 2.45) is 0 Å². The summed E-state index contributed by atoms with van der Waals surface area (Å²) in [6, 6.07) is 3.68. The molecule has 1 aromatic rings. The molecule has 16 heavy (non-hydrogen) atoms. The van der Waals surface area contributed by atoms with Gasteiger partial charge in [-0.3, -0.25) is 10.3 Å². The summed E-state index contributed by atoms with van der Waals surface area (Å²) in [7, 11) is 1.39. The molecule has 4 heteroatoms. The van der Waals surface area contributed by atoms with Gasteiger partial charge >= 0.3 is 5.97 Å². The van der Waals surface area contributed by atoms with Crippen LogP contribution in [0.15, 0.2) is 24.5 Å². The van der Waals surface area contributed by atoms with Gasteiger partial charge in [-0.25, -0.2) is 4.79 Å². The molecular formula is C12H18N2O2. The Bertz CT molecular complexity index is 340. The van der Waals surface area contributed by atoms with Crippen LogP contribution < -0.4 is 5.32 Å².